The number of allylic oxidation sites excluding steroid dienone is 2. The molecule has 1 N–H and O–H groups in total. The smallest absolute Gasteiger partial charge is 0.131 e. The molecule has 134 valence electrons. The third-order valence-electron chi connectivity index (χ3n) is 5.41. The summed E-state index contributed by atoms with van der Waals surface area (Å²) in [4.78, 5) is 16.2. The van der Waals surface area contributed by atoms with Crippen LogP contribution in [-0.2, 0) is 6.42 Å². The van der Waals surface area contributed by atoms with Crippen molar-refractivity contribution >= 4 is 17.0 Å². The van der Waals surface area contributed by atoms with Gasteiger partial charge in [0.1, 0.15) is 12.0 Å². The molecule has 1 atom stereocenters. The Hall–Kier alpha value is -3.21. The minimum Gasteiger partial charge on any atom is -0.363 e. The number of para-hydroxylation sites is 1. The lowest BCUT2D eigenvalue weighted by molar-refractivity contribution is 0.348. The van der Waals surface area contributed by atoms with Crippen molar-refractivity contribution in [3.05, 3.63) is 83.0 Å². The number of nitrogens with one attached hydrogen (secondary N) is 1. The van der Waals surface area contributed by atoms with E-state index in [0.717, 1.165) is 41.0 Å². The van der Waals surface area contributed by atoms with Crippen molar-refractivity contribution in [2.75, 3.05) is 0 Å². The molecule has 2 aliphatic heterocycles. The SMILES string of the molecule is CC1=C(CCc2nc(C)c3ccccc3n2)NC2c3cccnc3C=CN12. The van der Waals surface area contributed by atoms with Gasteiger partial charge in [-0.25, -0.2) is 9.97 Å². The van der Waals surface area contributed by atoms with E-state index in [1.165, 1.54) is 17.0 Å². The number of hydrogen-bond acceptors (Lipinski definition) is 5. The van der Waals surface area contributed by atoms with E-state index in [0.29, 0.717) is 0 Å². The molecule has 0 aliphatic carbocycles. The van der Waals surface area contributed by atoms with Crippen LogP contribution >= 0.6 is 0 Å². The zero-order valence-corrected chi connectivity index (χ0v) is 15.5. The number of pyridine rings is 1. The average Bonchev–Trinajstić information content (AvgIpc) is 3.03. The van der Waals surface area contributed by atoms with Gasteiger partial charge < -0.3 is 10.2 Å². The number of aromatic nitrogens is 3. The maximum Gasteiger partial charge on any atom is 0.131 e. The summed E-state index contributed by atoms with van der Waals surface area (Å²) in [5.41, 5.74) is 6.81. The molecule has 2 aliphatic rings. The van der Waals surface area contributed by atoms with E-state index in [2.05, 4.69) is 59.5 Å². The second-order valence-corrected chi connectivity index (χ2v) is 7.05. The highest BCUT2D eigenvalue weighted by Crippen LogP contribution is 2.36. The number of benzene rings is 1. The maximum atomic E-state index is 4.75. The van der Waals surface area contributed by atoms with Gasteiger partial charge in [-0.2, -0.15) is 0 Å². The van der Waals surface area contributed by atoms with E-state index >= 15 is 0 Å². The zero-order valence-electron chi connectivity index (χ0n) is 15.5. The van der Waals surface area contributed by atoms with Crippen LogP contribution in [0.4, 0.5) is 0 Å². The van der Waals surface area contributed by atoms with Crippen LogP contribution < -0.4 is 5.32 Å². The van der Waals surface area contributed by atoms with Crippen LogP contribution in [0.3, 0.4) is 0 Å². The molecule has 1 unspecified atom stereocenters. The maximum absolute atomic E-state index is 4.75. The van der Waals surface area contributed by atoms with Gasteiger partial charge >= 0.3 is 0 Å². The van der Waals surface area contributed by atoms with Gasteiger partial charge in [-0.05, 0) is 38.5 Å². The Morgan fingerprint density at radius 3 is 2.85 bits per heavy atom. The molecule has 0 radical (unpaired) electrons. The molecule has 0 saturated carbocycles. The summed E-state index contributed by atoms with van der Waals surface area (Å²) in [7, 11) is 0. The molecular formula is C22H21N5. The average molecular weight is 355 g/mol. The van der Waals surface area contributed by atoms with Gasteiger partial charge in [0.15, 0.2) is 0 Å². The lowest BCUT2D eigenvalue weighted by atomic mass is 10.1. The van der Waals surface area contributed by atoms with Gasteiger partial charge in [-0.1, -0.05) is 24.3 Å². The first kappa shape index (κ1) is 16.0. The highest BCUT2D eigenvalue weighted by molar-refractivity contribution is 5.80. The first-order valence-electron chi connectivity index (χ1n) is 9.31. The highest BCUT2D eigenvalue weighted by Gasteiger charge is 2.32. The van der Waals surface area contributed by atoms with Crippen LogP contribution in [0.1, 0.15) is 42.3 Å². The minimum atomic E-state index is 0.132. The molecule has 5 nitrogen and oxygen atoms in total. The van der Waals surface area contributed by atoms with Gasteiger partial charge in [0.25, 0.3) is 0 Å². The summed E-state index contributed by atoms with van der Waals surface area (Å²) in [6.45, 7) is 4.22. The molecular weight excluding hydrogens is 334 g/mol. The Morgan fingerprint density at radius 1 is 1.04 bits per heavy atom. The van der Waals surface area contributed by atoms with Crippen LogP contribution in [0.5, 0.6) is 0 Å². The molecule has 2 aromatic heterocycles. The molecule has 1 aromatic carbocycles. The van der Waals surface area contributed by atoms with Gasteiger partial charge in [-0.15, -0.1) is 0 Å². The van der Waals surface area contributed by atoms with E-state index in [1.54, 1.807) is 0 Å². The Kier molecular flexibility index (Phi) is 3.67. The highest BCUT2D eigenvalue weighted by atomic mass is 15.3. The fraction of sp³-hybridized carbons (Fsp3) is 0.227. The topological polar surface area (TPSA) is 53.9 Å². The molecule has 0 spiro atoms. The van der Waals surface area contributed by atoms with E-state index < -0.39 is 0 Å². The van der Waals surface area contributed by atoms with Crippen molar-refractivity contribution in [3.8, 4) is 0 Å². The first-order chi connectivity index (χ1) is 13.2. The summed E-state index contributed by atoms with van der Waals surface area (Å²) in [6.07, 6.45) is 7.87. The monoisotopic (exact) mass is 355 g/mol. The van der Waals surface area contributed by atoms with E-state index in [1.807, 2.05) is 24.4 Å². The normalized spacial score (nSPS) is 17.9. The van der Waals surface area contributed by atoms with Crippen molar-refractivity contribution in [3.63, 3.8) is 0 Å². The predicted molar refractivity (Wildman–Crippen MR) is 106 cm³/mol. The number of aryl methyl sites for hydroxylation is 2. The van der Waals surface area contributed by atoms with Crippen LogP contribution in [0.15, 0.2) is 60.2 Å². The molecule has 4 heterocycles. The Labute approximate surface area is 158 Å². The van der Waals surface area contributed by atoms with E-state index in [9.17, 15) is 0 Å². The fourth-order valence-electron chi connectivity index (χ4n) is 3.96. The molecule has 5 rings (SSSR count). The summed E-state index contributed by atoms with van der Waals surface area (Å²) < 4.78 is 0. The number of hydrogen-bond donors (Lipinski definition) is 1. The van der Waals surface area contributed by atoms with Gasteiger partial charge in [0, 0.05) is 46.9 Å². The van der Waals surface area contributed by atoms with Crippen molar-refractivity contribution in [2.24, 2.45) is 0 Å². The van der Waals surface area contributed by atoms with Gasteiger partial charge in [0.05, 0.1) is 11.2 Å². The summed E-state index contributed by atoms with van der Waals surface area (Å²) in [5, 5.41) is 4.81. The van der Waals surface area contributed by atoms with Crippen LogP contribution in [0.25, 0.3) is 17.0 Å². The lowest BCUT2D eigenvalue weighted by Crippen LogP contribution is -2.28. The summed E-state index contributed by atoms with van der Waals surface area (Å²) >= 11 is 0. The molecule has 0 fully saturated rings. The Morgan fingerprint density at radius 2 is 1.93 bits per heavy atom. The number of nitrogens with zero attached hydrogens (tertiary/aromatic N) is 4. The molecule has 5 heteroatoms. The van der Waals surface area contributed by atoms with E-state index in [-0.39, 0.29) is 6.17 Å². The third-order valence-corrected chi connectivity index (χ3v) is 5.41. The fourth-order valence-corrected chi connectivity index (χ4v) is 3.96. The van der Waals surface area contributed by atoms with Gasteiger partial charge in [0.2, 0.25) is 0 Å². The minimum absolute atomic E-state index is 0.132. The van der Waals surface area contributed by atoms with Crippen LogP contribution in [-0.4, -0.2) is 19.9 Å². The summed E-state index contributed by atoms with van der Waals surface area (Å²) in [6, 6.07) is 12.3. The van der Waals surface area contributed by atoms with Crippen LogP contribution in [0.2, 0.25) is 0 Å². The standard InChI is InChI=1S/C22H21N5/c1-14-16-6-3-4-8-20(16)25-21(24-14)10-9-18-15(2)27-13-11-19-17(22(27)26-18)7-5-12-23-19/h3-8,11-13,22,26H,9-10H2,1-2H3. The van der Waals surface area contributed by atoms with Crippen molar-refractivity contribution in [1.82, 2.24) is 25.2 Å². The lowest BCUT2D eigenvalue weighted by Gasteiger charge is -2.29. The quantitative estimate of drug-likeness (QED) is 0.767. The Balaban J connectivity index is 1.38. The number of rotatable bonds is 3. The molecule has 0 amide bonds. The second-order valence-electron chi connectivity index (χ2n) is 7.05. The molecule has 27 heavy (non-hydrogen) atoms. The Bertz CT molecular complexity index is 1100. The molecule has 3 aromatic rings. The van der Waals surface area contributed by atoms with E-state index in [4.69, 9.17) is 9.97 Å². The number of fused-ring (bicyclic) bond motifs is 4. The predicted octanol–water partition coefficient (Wildman–Crippen LogP) is 4.09. The molecule has 0 bridgehead atoms. The first-order valence-corrected chi connectivity index (χ1v) is 9.31. The second kappa shape index (κ2) is 6.20. The van der Waals surface area contributed by atoms with Crippen molar-refractivity contribution in [1.29, 1.82) is 0 Å². The van der Waals surface area contributed by atoms with Crippen LogP contribution in [0, 0.1) is 6.92 Å². The largest absolute Gasteiger partial charge is 0.363 e. The third kappa shape index (κ3) is 2.67. The summed E-state index contributed by atoms with van der Waals surface area (Å²) in [5.74, 6) is 0.899. The van der Waals surface area contributed by atoms with Gasteiger partial charge in [-0.3, -0.25) is 4.98 Å². The van der Waals surface area contributed by atoms with Crippen molar-refractivity contribution in [2.45, 2.75) is 32.9 Å². The zero-order chi connectivity index (χ0) is 18.4. The molecule has 0 saturated heterocycles. The van der Waals surface area contributed by atoms with Crippen molar-refractivity contribution < 1.29 is 0 Å².